The van der Waals surface area contributed by atoms with Crippen LogP contribution in [0.3, 0.4) is 0 Å². The Labute approximate surface area is 196 Å². The Morgan fingerprint density at radius 3 is 2.38 bits per heavy atom. The summed E-state index contributed by atoms with van der Waals surface area (Å²) in [6.07, 6.45) is 4.14. The minimum Gasteiger partial charge on any atom is -0.397 e. The van der Waals surface area contributed by atoms with E-state index in [4.69, 9.17) is 34.8 Å². The highest BCUT2D eigenvalue weighted by Gasteiger charge is 2.39. The van der Waals surface area contributed by atoms with Crippen molar-refractivity contribution in [2.45, 2.75) is 6.42 Å². The minimum absolute atomic E-state index is 0.0507. The van der Waals surface area contributed by atoms with Crippen LogP contribution in [-0.4, -0.2) is 47.8 Å². The van der Waals surface area contributed by atoms with Crippen molar-refractivity contribution in [3.8, 4) is 0 Å². The molecule has 2 aromatic rings. The quantitative estimate of drug-likeness (QED) is 0.272. The highest BCUT2D eigenvalue weighted by molar-refractivity contribution is 6.34. The molecular formula is C23H25Cl2N5O2. The van der Waals surface area contributed by atoms with Gasteiger partial charge in [0.05, 0.1) is 11.4 Å². The van der Waals surface area contributed by atoms with Crippen molar-refractivity contribution in [1.82, 2.24) is 9.80 Å². The van der Waals surface area contributed by atoms with E-state index in [2.05, 4.69) is 5.43 Å². The number of nitrogens with zero attached hydrogens (tertiary/aromatic N) is 2. The molecule has 2 aromatic carbocycles. The molecule has 2 atom stereocenters. The summed E-state index contributed by atoms with van der Waals surface area (Å²) >= 11 is 12.0. The predicted molar refractivity (Wildman–Crippen MR) is 128 cm³/mol. The molecule has 2 unspecified atom stereocenters. The van der Waals surface area contributed by atoms with E-state index in [1.807, 2.05) is 9.80 Å². The van der Waals surface area contributed by atoms with Gasteiger partial charge in [0.25, 0.3) is 5.91 Å². The first-order valence-corrected chi connectivity index (χ1v) is 11.2. The fourth-order valence-corrected chi connectivity index (χ4v) is 5.03. The molecular weight excluding hydrogens is 449 g/mol. The molecule has 2 aliphatic heterocycles. The summed E-state index contributed by atoms with van der Waals surface area (Å²) in [6.45, 7) is 2.62. The Hall–Kier alpha value is -2.74. The number of nitrogen functional groups attached to an aromatic ring is 2. The van der Waals surface area contributed by atoms with Crippen molar-refractivity contribution >= 4 is 52.5 Å². The summed E-state index contributed by atoms with van der Waals surface area (Å²) in [5, 5.41) is 1.05. The second kappa shape index (κ2) is 9.40. The van der Waals surface area contributed by atoms with Gasteiger partial charge in [0, 0.05) is 47.9 Å². The van der Waals surface area contributed by atoms with Crippen LogP contribution in [-0.2, 0) is 4.79 Å². The van der Waals surface area contributed by atoms with Gasteiger partial charge >= 0.3 is 0 Å². The van der Waals surface area contributed by atoms with Crippen LogP contribution in [0.5, 0.6) is 0 Å². The molecule has 0 aromatic heterocycles. The Morgan fingerprint density at radius 1 is 1.00 bits per heavy atom. The average molecular weight is 474 g/mol. The highest BCUT2D eigenvalue weighted by atomic mass is 35.5. The van der Waals surface area contributed by atoms with E-state index in [-0.39, 0.29) is 17.7 Å². The van der Waals surface area contributed by atoms with E-state index in [1.54, 1.807) is 48.6 Å². The molecule has 32 heavy (non-hydrogen) atoms. The zero-order valence-electron chi connectivity index (χ0n) is 17.4. The van der Waals surface area contributed by atoms with Crippen molar-refractivity contribution < 1.29 is 9.59 Å². The molecule has 0 bridgehead atoms. The molecule has 9 heteroatoms. The number of benzene rings is 2. The number of hydrogen-bond donors (Lipinski definition) is 3. The second-order valence-corrected chi connectivity index (χ2v) is 9.16. The predicted octanol–water partition coefficient (Wildman–Crippen LogP) is 3.50. The van der Waals surface area contributed by atoms with E-state index in [9.17, 15) is 9.59 Å². The van der Waals surface area contributed by atoms with Crippen molar-refractivity contribution in [3.63, 3.8) is 0 Å². The third kappa shape index (κ3) is 4.85. The number of hydrogen-bond acceptors (Lipinski definition) is 5. The second-order valence-electron chi connectivity index (χ2n) is 8.29. The van der Waals surface area contributed by atoms with Crippen LogP contribution in [0.1, 0.15) is 22.3 Å². The largest absolute Gasteiger partial charge is 0.397 e. The third-order valence-corrected chi connectivity index (χ3v) is 6.59. The van der Waals surface area contributed by atoms with Gasteiger partial charge in [0.1, 0.15) is 0 Å². The number of nitrogens with one attached hydrogen (secondary N) is 1. The van der Waals surface area contributed by atoms with Gasteiger partial charge < -0.3 is 21.0 Å². The molecule has 5 N–H and O–H groups in total. The molecule has 2 heterocycles. The first-order valence-electron chi connectivity index (χ1n) is 10.4. The normalized spacial score (nSPS) is 20.5. The minimum atomic E-state index is -0.0537. The van der Waals surface area contributed by atoms with Gasteiger partial charge in [0.15, 0.2) is 0 Å². The summed E-state index contributed by atoms with van der Waals surface area (Å²) in [5.41, 5.74) is 10.8. The standard InChI is InChI=1S/C23H25Cl2N5O2/c24-18-7-14(8-19(25)10-18)1-4-22(31)29-6-5-16-11-30(13-17(16)12-29)23(32)15-2-3-21(28-27)20(26)9-15/h1-4,7-10,16-17,28H,5-6,11-13,26-27H2/b4-1+. The molecule has 2 aliphatic rings. The lowest BCUT2D eigenvalue weighted by Gasteiger charge is -2.33. The summed E-state index contributed by atoms with van der Waals surface area (Å²) in [4.78, 5) is 29.4. The van der Waals surface area contributed by atoms with Gasteiger partial charge in [-0.25, -0.2) is 0 Å². The molecule has 2 amide bonds. The number of piperidine rings is 1. The van der Waals surface area contributed by atoms with Crippen LogP contribution < -0.4 is 17.0 Å². The number of fused-ring (bicyclic) bond motifs is 1. The summed E-state index contributed by atoms with van der Waals surface area (Å²) in [6, 6.07) is 10.2. The number of rotatable bonds is 4. The van der Waals surface area contributed by atoms with Gasteiger partial charge in [-0.15, -0.1) is 0 Å². The van der Waals surface area contributed by atoms with Crippen molar-refractivity contribution in [2.24, 2.45) is 17.7 Å². The van der Waals surface area contributed by atoms with Crippen LogP contribution in [0.25, 0.3) is 6.08 Å². The monoisotopic (exact) mass is 473 g/mol. The van der Waals surface area contributed by atoms with Crippen molar-refractivity contribution in [2.75, 3.05) is 37.3 Å². The number of anilines is 2. The Morgan fingerprint density at radius 2 is 1.69 bits per heavy atom. The van der Waals surface area contributed by atoms with Gasteiger partial charge in [-0.1, -0.05) is 23.2 Å². The van der Waals surface area contributed by atoms with Crippen molar-refractivity contribution in [3.05, 3.63) is 63.6 Å². The number of halogens is 2. The highest BCUT2D eigenvalue weighted by Crippen LogP contribution is 2.32. The zero-order valence-corrected chi connectivity index (χ0v) is 18.9. The van der Waals surface area contributed by atoms with Crippen LogP contribution in [0.2, 0.25) is 10.0 Å². The van der Waals surface area contributed by atoms with E-state index in [1.165, 1.54) is 0 Å². The Bertz CT molecular complexity index is 1050. The maximum absolute atomic E-state index is 13.0. The lowest BCUT2D eigenvalue weighted by Crippen LogP contribution is -2.42. The molecule has 2 fully saturated rings. The van der Waals surface area contributed by atoms with Crippen molar-refractivity contribution in [1.29, 1.82) is 0 Å². The molecule has 0 radical (unpaired) electrons. The SMILES string of the molecule is NNc1ccc(C(=O)N2CC3CCN(C(=O)/C=C/c4cc(Cl)cc(Cl)c4)CC3C2)cc1N. The molecule has 2 saturated heterocycles. The van der Waals surface area contributed by atoms with E-state index in [0.717, 1.165) is 12.0 Å². The molecule has 0 saturated carbocycles. The molecule has 7 nitrogen and oxygen atoms in total. The summed E-state index contributed by atoms with van der Waals surface area (Å²) in [5.74, 6) is 5.95. The number of carbonyl (C=O) groups excluding carboxylic acids is 2. The molecule has 4 rings (SSSR count). The van der Waals surface area contributed by atoms with Gasteiger partial charge in [-0.05, 0) is 66.3 Å². The van der Waals surface area contributed by atoms with E-state index < -0.39 is 0 Å². The third-order valence-electron chi connectivity index (χ3n) is 6.16. The Balaban J connectivity index is 1.38. The fourth-order valence-electron chi connectivity index (χ4n) is 4.49. The lowest BCUT2D eigenvalue weighted by atomic mass is 9.88. The van der Waals surface area contributed by atoms with Crippen LogP contribution >= 0.6 is 23.2 Å². The van der Waals surface area contributed by atoms with Gasteiger partial charge in [-0.2, -0.15) is 0 Å². The topological polar surface area (TPSA) is 105 Å². The molecule has 168 valence electrons. The number of nitrogens with two attached hydrogens (primary N) is 2. The molecule has 0 spiro atoms. The number of likely N-dealkylation sites (tertiary alicyclic amines) is 2. The number of amides is 2. The maximum atomic E-state index is 13.0. The fraction of sp³-hybridized carbons (Fsp3) is 0.304. The smallest absolute Gasteiger partial charge is 0.253 e. The van der Waals surface area contributed by atoms with Crippen LogP contribution in [0, 0.1) is 11.8 Å². The number of hydrazine groups is 1. The zero-order chi connectivity index (χ0) is 22.8. The van der Waals surface area contributed by atoms with Gasteiger partial charge in [0.2, 0.25) is 5.91 Å². The summed E-state index contributed by atoms with van der Waals surface area (Å²) in [7, 11) is 0. The lowest BCUT2D eigenvalue weighted by molar-refractivity contribution is -0.128. The van der Waals surface area contributed by atoms with E-state index >= 15 is 0 Å². The number of carbonyl (C=O) groups is 2. The molecule has 0 aliphatic carbocycles. The first kappa shape index (κ1) is 22.5. The van der Waals surface area contributed by atoms with Gasteiger partial charge in [-0.3, -0.25) is 15.4 Å². The maximum Gasteiger partial charge on any atom is 0.253 e. The average Bonchev–Trinajstić information content (AvgIpc) is 3.19. The van der Waals surface area contributed by atoms with Crippen LogP contribution in [0.4, 0.5) is 11.4 Å². The summed E-state index contributed by atoms with van der Waals surface area (Å²) < 4.78 is 0. The van der Waals surface area contributed by atoms with E-state index in [0.29, 0.717) is 59.1 Å². The Kier molecular flexibility index (Phi) is 6.60. The van der Waals surface area contributed by atoms with Crippen LogP contribution in [0.15, 0.2) is 42.5 Å². The first-order chi connectivity index (χ1) is 15.3.